The van der Waals surface area contributed by atoms with Crippen LogP contribution in [-0.4, -0.2) is 50.1 Å². The Labute approximate surface area is 128 Å². The van der Waals surface area contributed by atoms with Crippen LogP contribution in [0.15, 0.2) is 18.2 Å². The third-order valence-electron chi connectivity index (χ3n) is 3.47. The lowest BCUT2D eigenvalue weighted by molar-refractivity contribution is -0.384. The maximum Gasteiger partial charge on any atom is 0.269 e. The molecule has 1 aliphatic heterocycles. The molecule has 9 heteroatoms. The zero-order valence-electron chi connectivity index (χ0n) is 11.5. The lowest BCUT2D eigenvalue weighted by Gasteiger charge is -2.35. The van der Waals surface area contributed by atoms with E-state index in [4.69, 9.17) is 11.6 Å². The maximum absolute atomic E-state index is 11.5. The number of hydrogen-bond donors (Lipinski definition) is 0. The minimum Gasteiger partial charge on any atom is -0.369 e. The quantitative estimate of drug-likeness (QED) is 0.472. The van der Waals surface area contributed by atoms with Gasteiger partial charge in [-0.05, 0) is 11.6 Å². The van der Waals surface area contributed by atoms with Crippen LogP contribution in [0.4, 0.5) is 11.4 Å². The first kappa shape index (κ1) is 16.0. The molecule has 116 valence electrons. The number of nitrogens with zero attached hydrogens (tertiary/aromatic N) is 3. The summed E-state index contributed by atoms with van der Waals surface area (Å²) in [5.41, 5.74) is 1.51. The van der Waals surface area contributed by atoms with Gasteiger partial charge in [-0.2, -0.15) is 4.31 Å². The molecule has 0 bridgehead atoms. The van der Waals surface area contributed by atoms with Gasteiger partial charge in [0.2, 0.25) is 10.0 Å². The van der Waals surface area contributed by atoms with Gasteiger partial charge in [-0.25, -0.2) is 8.42 Å². The number of hydrogen-bond acceptors (Lipinski definition) is 5. The molecule has 2 rings (SSSR count). The number of benzene rings is 1. The van der Waals surface area contributed by atoms with Crippen LogP contribution in [-0.2, 0) is 15.9 Å². The van der Waals surface area contributed by atoms with Crippen molar-refractivity contribution in [1.29, 1.82) is 0 Å². The van der Waals surface area contributed by atoms with E-state index in [2.05, 4.69) is 0 Å². The largest absolute Gasteiger partial charge is 0.369 e. The number of sulfonamides is 1. The lowest BCUT2D eigenvalue weighted by atomic mass is 10.1. The summed E-state index contributed by atoms with van der Waals surface area (Å²) in [5.74, 6) is 0.170. The minimum absolute atomic E-state index is 0.00386. The number of piperazine rings is 1. The van der Waals surface area contributed by atoms with Crippen molar-refractivity contribution in [2.45, 2.75) is 5.88 Å². The first-order valence-electron chi connectivity index (χ1n) is 6.36. The molecular weight excluding hydrogens is 318 g/mol. The van der Waals surface area contributed by atoms with Crippen LogP contribution < -0.4 is 4.90 Å². The zero-order valence-corrected chi connectivity index (χ0v) is 13.1. The molecule has 1 fully saturated rings. The summed E-state index contributed by atoms with van der Waals surface area (Å²) < 4.78 is 24.4. The van der Waals surface area contributed by atoms with Crippen LogP contribution in [0.5, 0.6) is 0 Å². The third-order valence-corrected chi connectivity index (χ3v) is 5.06. The fourth-order valence-electron chi connectivity index (χ4n) is 2.36. The van der Waals surface area contributed by atoms with E-state index in [-0.39, 0.29) is 11.6 Å². The monoisotopic (exact) mass is 333 g/mol. The SMILES string of the molecule is CS(=O)(=O)N1CCN(c2ccc([N+](=O)[O-])cc2CCl)CC1. The predicted molar refractivity (Wildman–Crippen MR) is 81.3 cm³/mol. The predicted octanol–water partition coefficient (Wildman–Crippen LogP) is 1.42. The number of nitro groups is 1. The molecule has 0 atom stereocenters. The van der Waals surface area contributed by atoms with Gasteiger partial charge < -0.3 is 4.90 Å². The van der Waals surface area contributed by atoms with Gasteiger partial charge in [-0.1, -0.05) is 0 Å². The van der Waals surface area contributed by atoms with E-state index in [1.807, 2.05) is 4.90 Å². The van der Waals surface area contributed by atoms with E-state index in [1.54, 1.807) is 6.07 Å². The van der Waals surface area contributed by atoms with Crippen LogP contribution in [0.25, 0.3) is 0 Å². The summed E-state index contributed by atoms with van der Waals surface area (Å²) in [6, 6.07) is 4.57. The molecule has 1 aromatic rings. The number of halogens is 1. The second-order valence-electron chi connectivity index (χ2n) is 4.85. The molecule has 0 radical (unpaired) electrons. The molecule has 1 aliphatic rings. The zero-order chi connectivity index (χ0) is 15.6. The molecule has 0 spiro atoms. The second kappa shape index (κ2) is 6.17. The molecule has 0 aliphatic carbocycles. The molecule has 0 N–H and O–H groups in total. The van der Waals surface area contributed by atoms with E-state index in [9.17, 15) is 18.5 Å². The highest BCUT2D eigenvalue weighted by molar-refractivity contribution is 7.88. The van der Waals surface area contributed by atoms with Crippen LogP contribution >= 0.6 is 11.6 Å². The molecule has 1 heterocycles. The fourth-order valence-corrected chi connectivity index (χ4v) is 3.40. The third kappa shape index (κ3) is 3.63. The molecule has 7 nitrogen and oxygen atoms in total. The van der Waals surface area contributed by atoms with Gasteiger partial charge in [0.25, 0.3) is 5.69 Å². The van der Waals surface area contributed by atoms with Crippen LogP contribution in [0.2, 0.25) is 0 Å². The molecule has 0 unspecified atom stereocenters. The summed E-state index contributed by atoms with van der Waals surface area (Å²) in [7, 11) is -3.17. The normalized spacial score (nSPS) is 17.0. The van der Waals surface area contributed by atoms with E-state index < -0.39 is 14.9 Å². The van der Waals surface area contributed by atoms with Crippen molar-refractivity contribution in [1.82, 2.24) is 4.31 Å². The number of nitro benzene ring substituents is 1. The average Bonchev–Trinajstić information content (AvgIpc) is 2.45. The highest BCUT2D eigenvalue weighted by atomic mass is 35.5. The number of non-ortho nitro benzene ring substituents is 1. The molecular formula is C12H16ClN3O4S. The standard InChI is InChI=1S/C12H16ClN3O4S/c1-21(19,20)15-6-4-14(5-7-15)12-3-2-11(16(17)18)8-10(12)9-13/h2-3,8H,4-7,9H2,1H3. The molecule has 0 amide bonds. The second-order valence-corrected chi connectivity index (χ2v) is 7.10. The Balaban J connectivity index is 2.18. The topological polar surface area (TPSA) is 83.8 Å². The summed E-state index contributed by atoms with van der Waals surface area (Å²) in [6.45, 7) is 1.87. The van der Waals surface area contributed by atoms with Crippen molar-refractivity contribution in [2.75, 3.05) is 37.3 Å². The fraction of sp³-hybridized carbons (Fsp3) is 0.500. The van der Waals surface area contributed by atoms with Crippen molar-refractivity contribution in [2.24, 2.45) is 0 Å². The molecule has 0 saturated carbocycles. The van der Waals surface area contributed by atoms with E-state index in [0.717, 1.165) is 5.69 Å². The van der Waals surface area contributed by atoms with Crippen molar-refractivity contribution in [3.05, 3.63) is 33.9 Å². The van der Waals surface area contributed by atoms with Crippen LogP contribution in [0.1, 0.15) is 5.56 Å². The van der Waals surface area contributed by atoms with Gasteiger partial charge in [0.05, 0.1) is 11.2 Å². The van der Waals surface area contributed by atoms with Crippen molar-refractivity contribution < 1.29 is 13.3 Å². The molecule has 1 aromatic carbocycles. The Bertz CT molecular complexity index is 642. The summed E-state index contributed by atoms with van der Waals surface area (Å²) >= 11 is 5.87. The minimum atomic E-state index is -3.17. The lowest BCUT2D eigenvalue weighted by Crippen LogP contribution is -2.48. The average molecular weight is 334 g/mol. The smallest absolute Gasteiger partial charge is 0.269 e. The molecule has 21 heavy (non-hydrogen) atoms. The Morgan fingerprint density at radius 3 is 2.38 bits per heavy atom. The van der Waals surface area contributed by atoms with Gasteiger partial charge in [0.15, 0.2) is 0 Å². The number of anilines is 1. The van der Waals surface area contributed by atoms with Crippen molar-refractivity contribution >= 4 is 33.0 Å². The van der Waals surface area contributed by atoms with Gasteiger partial charge in [0, 0.05) is 49.9 Å². The first-order chi connectivity index (χ1) is 9.82. The van der Waals surface area contributed by atoms with Gasteiger partial charge in [-0.3, -0.25) is 10.1 Å². The first-order valence-corrected chi connectivity index (χ1v) is 8.74. The molecule has 1 saturated heterocycles. The highest BCUT2D eigenvalue weighted by Gasteiger charge is 2.25. The summed E-state index contributed by atoms with van der Waals surface area (Å²) in [6.07, 6.45) is 1.19. The van der Waals surface area contributed by atoms with Crippen molar-refractivity contribution in [3.63, 3.8) is 0 Å². The van der Waals surface area contributed by atoms with Crippen LogP contribution in [0.3, 0.4) is 0 Å². The summed E-state index contributed by atoms with van der Waals surface area (Å²) in [5, 5.41) is 10.8. The summed E-state index contributed by atoms with van der Waals surface area (Å²) in [4.78, 5) is 12.3. The van der Waals surface area contributed by atoms with Crippen molar-refractivity contribution in [3.8, 4) is 0 Å². The van der Waals surface area contributed by atoms with Gasteiger partial charge in [-0.15, -0.1) is 11.6 Å². The Hall–Kier alpha value is -1.38. The number of alkyl halides is 1. The highest BCUT2D eigenvalue weighted by Crippen LogP contribution is 2.28. The maximum atomic E-state index is 11.5. The molecule has 0 aromatic heterocycles. The van der Waals surface area contributed by atoms with Gasteiger partial charge in [0.1, 0.15) is 0 Å². The Morgan fingerprint density at radius 2 is 1.90 bits per heavy atom. The Morgan fingerprint density at radius 1 is 1.29 bits per heavy atom. The van der Waals surface area contributed by atoms with Gasteiger partial charge >= 0.3 is 0 Å². The van der Waals surface area contributed by atoms with E-state index >= 15 is 0 Å². The Kier molecular flexibility index (Phi) is 4.70. The van der Waals surface area contributed by atoms with E-state index in [1.165, 1.54) is 22.7 Å². The van der Waals surface area contributed by atoms with Crippen LogP contribution in [0, 0.1) is 10.1 Å². The van der Waals surface area contributed by atoms with E-state index in [0.29, 0.717) is 31.7 Å². The number of rotatable bonds is 4.